The number of H-pyrrole nitrogens is 1. The van der Waals surface area contributed by atoms with Crippen LogP contribution in [0.5, 0.6) is 0 Å². The Kier molecular flexibility index (Phi) is 9.00. The van der Waals surface area contributed by atoms with E-state index in [1.165, 1.54) is 27.9 Å². The van der Waals surface area contributed by atoms with E-state index in [0.717, 1.165) is 50.7 Å². The number of aryl methyl sites for hydroxylation is 4. The molecule has 3 rings (SSSR count). The minimum absolute atomic E-state index is 0. The summed E-state index contributed by atoms with van der Waals surface area (Å²) in [6, 6.07) is 10.6. The Morgan fingerprint density at radius 1 is 1.17 bits per heavy atom. The smallest absolute Gasteiger partial charge is 0.191 e. The predicted molar refractivity (Wildman–Crippen MR) is 132 cm³/mol. The standard InChI is InChI=1S/C22H32N6.HI/c1-5-23-22(24-12-8-14-28-17(3)15-16(2)27-28)25-13-11-19-18(4)26-21-10-7-6-9-20(19)21;/h6-7,9-10,15,26H,5,8,11-14H2,1-4H3,(H2,23,24,25);1H. The molecular formula is C22H33IN6. The van der Waals surface area contributed by atoms with Crippen molar-refractivity contribution in [3.05, 3.63) is 53.0 Å². The highest BCUT2D eigenvalue weighted by Gasteiger charge is 2.08. The number of hydrogen-bond acceptors (Lipinski definition) is 2. The molecule has 0 fully saturated rings. The van der Waals surface area contributed by atoms with Crippen molar-refractivity contribution in [1.29, 1.82) is 0 Å². The first-order valence-electron chi connectivity index (χ1n) is 10.2. The summed E-state index contributed by atoms with van der Waals surface area (Å²) in [4.78, 5) is 8.19. The van der Waals surface area contributed by atoms with Gasteiger partial charge >= 0.3 is 0 Å². The highest BCUT2D eigenvalue weighted by Crippen LogP contribution is 2.21. The van der Waals surface area contributed by atoms with Crippen LogP contribution in [0.2, 0.25) is 0 Å². The second-order valence-electron chi connectivity index (χ2n) is 7.22. The normalized spacial score (nSPS) is 11.5. The molecule has 2 aromatic heterocycles. The Labute approximate surface area is 190 Å². The zero-order chi connectivity index (χ0) is 19.9. The molecule has 3 aromatic rings. The molecule has 0 spiro atoms. The molecule has 6 nitrogen and oxygen atoms in total. The van der Waals surface area contributed by atoms with Crippen LogP contribution in [0.1, 0.15) is 36.0 Å². The largest absolute Gasteiger partial charge is 0.358 e. The van der Waals surface area contributed by atoms with Gasteiger partial charge in [-0.05, 0) is 58.2 Å². The average Bonchev–Trinajstić information content (AvgIpc) is 3.16. The summed E-state index contributed by atoms with van der Waals surface area (Å²) in [7, 11) is 0. The van der Waals surface area contributed by atoms with E-state index >= 15 is 0 Å². The lowest BCUT2D eigenvalue weighted by molar-refractivity contribution is 0.567. The molecule has 29 heavy (non-hydrogen) atoms. The van der Waals surface area contributed by atoms with Crippen molar-refractivity contribution in [2.45, 2.75) is 47.1 Å². The Hall–Kier alpha value is -2.03. The number of aliphatic imine (C=N–C) groups is 1. The molecule has 0 aliphatic heterocycles. The number of halogens is 1. The van der Waals surface area contributed by atoms with Crippen LogP contribution >= 0.6 is 24.0 Å². The number of para-hydroxylation sites is 1. The van der Waals surface area contributed by atoms with Crippen LogP contribution in [0.4, 0.5) is 0 Å². The Balaban J connectivity index is 0.00000300. The van der Waals surface area contributed by atoms with Crippen LogP contribution in [-0.2, 0) is 13.0 Å². The van der Waals surface area contributed by atoms with E-state index in [1.807, 2.05) is 6.92 Å². The minimum Gasteiger partial charge on any atom is -0.358 e. The summed E-state index contributed by atoms with van der Waals surface area (Å²) >= 11 is 0. The van der Waals surface area contributed by atoms with Crippen molar-refractivity contribution in [1.82, 2.24) is 25.4 Å². The highest BCUT2D eigenvalue weighted by atomic mass is 127. The lowest BCUT2D eigenvalue weighted by Crippen LogP contribution is -2.38. The molecule has 0 atom stereocenters. The van der Waals surface area contributed by atoms with Gasteiger partial charge < -0.3 is 15.6 Å². The summed E-state index contributed by atoms with van der Waals surface area (Å²) in [6.07, 6.45) is 1.94. The van der Waals surface area contributed by atoms with Gasteiger partial charge in [-0.25, -0.2) is 0 Å². The number of hydrogen-bond donors (Lipinski definition) is 3. The summed E-state index contributed by atoms with van der Waals surface area (Å²) in [5.41, 5.74) is 6.11. The van der Waals surface area contributed by atoms with Gasteiger partial charge in [0.25, 0.3) is 0 Å². The number of aromatic nitrogens is 3. The Morgan fingerprint density at radius 3 is 2.69 bits per heavy atom. The first kappa shape index (κ1) is 23.3. The monoisotopic (exact) mass is 508 g/mol. The van der Waals surface area contributed by atoms with E-state index in [-0.39, 0.29) is 24.0 Å². The molecule has 0 unspecified atom stereocenters. The van der Waals surface area contributed by atoms with Crippen LogP contribution in [0, 0.1) is 20.8 Å². The van der Waals surface area contributed by atoms with Crippen LogP contribution in [0.15, 0.2) is 35.3 Å². The van der Waals surface area contributed by atoms with E-state index in [9.17, 15) is 0 Å². The van der Waals surface area contributed by atoms with Gasteiger partial charge in [0.05, 0.1) is 5.69 Å². The van der Waals surface area contributed by atoms with Crippen LogP contribution in [0.3, 0.4) is 0 Å². The molecule has 158 valence electrons. The van der Waals surface area contributed by atoms with Crippen molar-refractivity contribution in [3.63, 3.8) is 0 Å². The molecule has 0 aliphatic carbocycles. The maximum atomic E-state index is 4.71. The lowest BCUT2D eigenvalue weighted by atomic mass is 10.1. The third-order valence-corrected chi connectivity index (χ3v) is 4.94. The topological polar surface area (TPSA) is 70.0 Å². The molecule has 0 saturated carbocycles. The third-order valence-electron chi connectivity index (χ3n) is 4.94. The fourth-order valence-electron chi connectivity index (χ4n) is 3.62. The van der Waals surface area contributed by atoms with Gasteiger partial charge in [0.15, 0.2) is 5.96 Å². The number of nitrogens with one attached hydrogen (secondary N) is 3. The maximum Gasteiger partial charge on any atom is 0.191 e. The molecule has 0 amide bonds. The molecule has 0 aliphatic rings. The fraction of sp³-hybridized carbons (Fsp3) is 0.455. The zero-order valence-electron chi connectivity index (χ0n) is 17.9. The summed E-state index contributed by atoms with van der Waals surface area (Å²) in [5, 5.41) is 12.6. The van der Waals surface area contributed by atoms with Crippen LogP contribution in [0.25, 0.3) is 10.9 Å². The Morgan fingerprint density at radius 2 is 1.97 bits per heavy atom. The number of fused-ring (bicyclic) bond motifs is 1. The van der Waals surface area contributed by atoms with Crippen molar-refractivity contribution >= 4 is 40.8 Å². The van der Waals surface area contributed by atoms with E-state index in [4.69, 9.17) is 4.99 Å². The molecule has 0 saturated heterocycles. The molecule has 0 radical (unpaired) electrons. The summed E-state index contributed by atoms with van der Waals surface area (Å²) in [5.74, 6) is 0.883. The van der Waals surface area contributed by atoms with Gasteiger partial charge in [0, 0.05) is 48.5 Å². The van der Waals surface area contributed by atoms with Gasteiger partial charge in [-0.2, -0.15) is 5.10 Å². The van der Waals surface area contributed by atoms with Gasteiger partial charge in [0.1, 0.15) is 0 Å². The summed E-state index contributed by atoms with van der Waals surface area (Å²) in [6.45, 7) is 11.8. The van der Waals surface area contributed by atoms with Crippen molar-refractivity contribution in [2.75, 3.05) is 19.6 Å². The second-order valence-corrected chi connectivity index (χ2v) is 7.22. The Bertz CT molecular complexity index is 940. The van der Waals surface area contributed by atoms with E-state index in [0.29, 0.717) is 0 Å². The quantitative estimate of drug-likeness (QED) is 0.186. The second kappa shape index (κ2) is 11.2. The maximum absolute atomic E-state index is 4.71. The molecular weight excluding hydrogens is 475 g/mol. The van der Waals surface area contributed by atoms with Gasteiger partial charge in [0.2, 0.25) is 0 Å². The predicted octanol–water partition coefficient (Wildman–Crippen LogP) is 4.10. The van der Waals surface area contributed by atoms with Crippen LogP contribution in [-0.4, -0.2) is 40.4 Å². The molecule has 1 aromatic carbocycles. The van der Waals surface area contributed by atoms with Crippen molar-refractivity contribution < 1.29 is 0 Å². The number of aromatic amines is 1. The lowest BCUT2D eigenvalue weighted by Gasteiger charge is -2.11. The average molecular weight is 508 g/mol. The number of guanidine groups is 1. The van der Waals surface area contributed by atoms with E-state index < -0.39 is 0 Å². The van der Waals surface area contributed by atoms with E-state index in [2.05, 4.69) is 76.5 Å². The summed E-state index contributed by atoms with van der Waals surface area (Å²) < 4.78 is 2.06. The fourth-order valence-corrected chi connectivity index (χ4v) is 3.62. The molecule has 2 heterocycles. The highest BCUT2D eigenvalue weighted by molar-refractivity contribution is 14.0. The van der Waals surface area contributed by atoms with Gasteiger partial charge in [-0.1, -0.05) is 18.2 Å². The SMILES string of the molecule is CCNC(=NCCCn1nc(C)cc1C)NCCc1c(C)[nH]c2ccccc12.I. The van der Waals surface area contributed by atoms with Crippen LogP contribution < -0.4 is 10.6 Å². The van der Waals surface area contributed by atoms with E-state index in [1.54, 1.807) is 0 Å². The number of nitrogens with zero attached hydrogens (tertiary/aromatic N) is 3. The third kappa shape index (κ3) is 6.22. The minimum atomic E-state index is 0. The molecule has 3 N–H and O–H groups in total. The number of benzene rings is 1. The van der Waals surface area contributed by atoms with Crippen molar-refractivity contribution in [2.24, 2.45) is 4.99 Å². The first-order valence-corrected chi connectivity index (χ1v) is 10.2. The molecule has 0 bridgehead atoms. The first-order chi connectivity index (χ1) is 13.6. The van der Waals surface area contributed by atoms with Gasteiger partial charge in [-0.15, -0.1) is 24.0 Å². The zero-order valence-corrected chi connectivity index (χ0v) is 20.2. The molecule has 7 heteroatoms. The van der Waals surface area contributed by atoms with Gasteiger partial charge in [-0.3, -0.25) is 9.67 Å². The van der Waals surface area contributed by atoms with Crippen molar-refractivity contribution in [3.8, 4) is 0 Å². The number of rotatable bonds is 8.